The first-order chi connectivity index (χ1) is 8.26. The van der Waals surface area contributed by atoms with Gasteiger partial charge in [0.15, 0.2) is 6.10 Å². The summed E-state index contributed by atoms with van der Waals surface area (Å²) in [6, 6.07) is -0.574. The minimum atomic E-state index is -1.66. The van der Waals surface area contributed by atoms with Crippen molar-refractivity contribution in [3.8, 4) is 0 Å². The van der Waals surface area contributed by atoms with Gasteiger partial charge in [-0.05, 0) is 13.8 Å². The van der Waals surface area contributed by atoms with Gasteiger partial charge in [-0.1, -0.05) is 0 Å². The summed E-state index contributed by atoms with van der Waals surface area (Å²) in [6.45, 7) is 3.46. The second-order valence-electron chi connectivity index (χ2n) is 4.51. The molecular weight excluding hydrogens is 242 g/mol. The zero-order valence-corrected chi connectivity index (χ0v) is 10.3. The van der Waals surface area contributed by atoms with Crippen LogP contribution in [0.3, 0.4) is 0 Å². The van der Waals surface area contributed by atoms with Crippen molar-refractivity contribution in [1.82, 2.24) is 15.5 Å². The Morgan fingerprint density at radius 2 is 2.17 bits per heavy atom. The monoisotopic (exact) mass is 259 g/mol. The number of carboxylic acids is 1. The van der Waals surface area contributed by atoms with Crippen LogP contribution in [-0.4, -0.2) is 64.3 Å². The number of aliphatic hydroxyl groups is 1. The van der Waals surface area contributed by atoms with Crippen LogP contribution in [0.25, 0.3) is 0 Å². The van der Waals surface area contributed by atoms with E-state index < -0.39 is 30.2 Å². The van der Waals surface area contributed by atoms with E-state index >= 15 is 0 Å². The number of rotatable bonds is 3. The molecule has 1 fully saturated rings. The van der Waals surface area contributed by atoms with E-state index in [0.29, 0.717) is 13.1 Å². The number of amides is 3. The van der Waals surface area contributed by atoms with Gasteiger partial charge >= 0.3 is 12.0 Å². The van der Waals surface area contributed by atoms with Crippen LogP contribution < -0.4 is 10.6 Å². The van der Waals surface area contributed by atoms with Crippen molar-refractivity contribution in [1.29, 1.82) is 0 Å². The van der Waals surface area contributed by atoms with E-state index in [-0.39, 0.29) is 5.91 Å². The normalized spacial score (nSPS) is 19.9. The summed E-state index contributed by atoms with van der Waals surface area (Å²) in [4.78, 5) is 35.1. The molecule has 8 heteroatoms. The second kappa shape index (κ2) is 5.21. The van der Waals surface area contributed by atoms with E-state index in [4.69, 9.17) is 10.2 Å². The summed E-state index contributed by atoms with van der Waals surface area (Å²) >= 11 is 0. The van der Waals surface area contributed by atoms with E-state index in [2.05, 4.69) is 10.6 Å². The van der Waals surface area contributed by atoms with Gasteiger partial charge in [-0.15, -0.1) is 0 Å². The molecule has 1 aliphatic heterocycles. The molecule has 18 heavy (non-hydrogen) atoms. The lowest BCUT2D eigenvalue weighted by molar-refractivity contribution is -0.146. The zero-order valence-electron chi connectivity index (χ0n) is 10.3. The maximum atomic E-state index is 11.8. The fraction of sp³-hybridized carbons (Fsp3) is 0.700. The Morgan fingerprint density at radius 1 is 1.56 bits per heavy atom. The fourth-order valence-corrected chi connectivity index (χ4v) is 1.62. The Morgan fingerprint density at radius 3 is 2.72 bits per heavy atom. The number of aliphatic hydroxyl groups excluding tert-OH is 1. The Kier molecular flexibility index (Phi) is 4.12. The SMILES string of the molecule is CC1(C)C(=O)NCCN1C(=O)NC[C@H](O)C(=O)O. The first kappa shape index (κ1) is 14.2. The third-order valence-corrected chi connectivity index (χ3v) is 2.83. The number of carbonyl (C=O) groups excluding carboxylic acids is 2. The zero-order chi connectivity index (χ0) is 13.9. The van der Waals surface area contributed by atoms with Crippen LogP contribution in [0.2, 0.25) is 0 Å². The molecule has 0 aromatic rings. The van der Waals surface area contributed by atoms with E-state index in [9.17, 15) is 14.4 Å². The Bertz CT molecular complexity index is 369. The number of nitrogens with one attached hydrogen (secondary N) is 2. The van der Waals surface area contributed by atoms with Gasteiger partial charge in [-0.3, -0.25) is 4.79 Å². The molecular formula is C10H17N3O5. The number of urea groups is 1. The molecule has 0 aliphatic carbocycles. The molecule has 0 spiro atoms. The summed E-state index contributed by atoms with van der Waals surface area (Å²) in [6.07, 6.45) is -1.66. The molecule has 8 nitrogen and oxygen atoms in total. The van der Waals surface area contributed by atoms with Crippen LogP contribution in [0, 0.1) is 0 Å². The Balaban J connectivity index is 2.61. The van der Waals surface area contributed by atoms with Crippen molar-refractivity contribution in [3.05, 3.63) is 0 Å². The third-order valence-electron chi connectivity index (χ3n) is 2.83. The molecule has 3 amide bonds. The minimum absolute atomic E-state index is 0.275. The number of piperazine rings is 1. The highest BCUT2D eigenvalue weighted by atomic mass is 16.4. The average Bonchev–Trinajstić information content (AvgIpc) is 2.28. The molecule has 0 bridgehead atoms. The molecule has 0 radical (unpaired) electrons. The summed E-state index contributed by atoms with van der Waals surface area (Å²) in [7, 11) is 0. The van der Waals surface area contributed by atoms with Crippen LogP contribution in [0.5, 0.6) is 0 Å². The summed E-state index contributed by atoms with van der Waals surface area (Å²) in [5, 5.41) is 22.4. The van der Waals surface area contributed by atoms with Crippen molar-refractivity contribution in [2.45, 2.75) is 25.5 Å². The summed E-state index contributed by atoms with van der Waals surface area (Å²) in [5.74, 6) is -1.69. The molecule has 1 atom stereocenters. The third kappa shape index (κ3) is 2.89. The molecule has 1 aliphatic rings. The van der Waals surface area contributed by atoms with Gasteiger partial charge in [0.1, 0.15) is 5.54 Å². The van der Waals surface area contributed by atoms with Crippen LogP contribution in [0.1, 0.15) is 13.8 Å². The summed E-state index contributed by atoms with van der Waals surface area (Å²) in [5.41, 5.74) is -1.00. The van der Waals surface area contributed by atoms with Crippen LogP contribution in [0.15, 0.2) is 0 Å². The van der Waals surface area contributed by atoms with Crippen LogP contribution in [0.4, 0.5) is 4.79 Å². The molecule has 0 unspecified atom stereocenters. The number of nitrogens with zero attached hydrogens (tertiary/aromatic N) is 1. The van der Waals surface area contributed by atoms with Crippen molar-refractivity contribution in [3.63, 3.8) is 0 Å². The molecule has 4 N–H and O–H groups in total. The Labute approximate surface area is 104 Å². The van der Waals surface area contributed by atoms with E-state index in [0.717, 1.165) is 0 Å². The molecule has 1 heterocycles. The number of aliphatic carboxylic acids is 1. The number of hydrogen-bond donors (Lipinski definition) is 4. The van der Waals surface area contributed by atoms with E-state index in [1.165, 1.54) is 4.90 Å². The predicted molar refractivity (Wildman–Crippen MR) is 60.8 cm³/mol. The van der Waals surface area contributed by atoms with Gasteiger partial charge in [0.2, 0.25) is 5.91 Å². The lowest BCUT2D eigenvalue weighted by Crippen LogP contribution is -2.65. The standard InChI is InChI=1S/C10H17N3O5/c1-10(2)8(17)11-3-4-13(10)9(18)12-5-6(14)7(15)16/h6,14H,3-5H2,1-2H3,(H,11,17)(H,12,18)(H,15,16)/t6-/m0/s1. The van der Waals surface area contributed by atoms with E-state index in [1.54, 1.807) is 13.8 Å². The highest BCUT2D eigenvalue weighted by Crippen LogP contribution is 2.17. The number of carbonyl (C=O) groups is 3. The van der Waals surface area contributed by atoms with Gasteiger partial charge in [0.25, 0.3) is 0 Å². The molecule has 0 saturated carbocycles. The molecule has 0 aromatic carbocycles. The second-order valence-corrected chi connectivity index (χ2v) is 4.51. The van der Waals surface area contributed by atoms with Crippen molar-refractivity contribution >= 4 is 17.9 Å². The Hall–Kier alpha value is -1.83. The largest absolute Gasteiger partial charge is 0.479 e. The number of hydrogen-bond acceptors (Lipinski definition) is 4. The smallest absolute Gasteiger partial charge is 0.334 e. The quantitative estimate of drug-likeness (QED) is 0.484. The van der Waals surface area contributed by atoms with Crippen molar-refractivity contribution in [2.24, 2.45) is 0 Å². The molecule has 0 aromatic heterocycles. The molecule has 1 rings (SSSR count). The maximum absolute atomic E-state index is 11.8. The molecule has 102 valence electrons. The van der Waals surface area contributed by atoms with Gasteiger partial charge in [0.05, 0.1) is 6.54 Å². The van der Waals surface area contributed by atoms with Gasteiger partial charge < -0.3 is 25.7 Å². The highest BCUT2D eigenvalue weighted by molar-refractivity contribution is 5.91. The number of carboxylic acid groups (broad SMARTS) is 1. The van der Waals surface area contributed by atoms with Crippen LogP contribution >= 0.6 is 0 Å². The van der Waals surface area contributed by atoms with E-state index in [1.807, 2.05) is 0 Å². The highest BCUT2D eigenvalue weighted by Gasteiger charge is 2.40. The lowest BCUT2D eigenvalue weighted by Gasteiger charge is -2.41. The van der Waals surface area contributed by atoms with Crippen molar-refractivity contribution < 1.29 is 24.6 Å². The first-order valence-corrected chi connectivity index (χ1v) is 5.51. The van der Waals surface area contributed by atoms with Gasteiger partial charge in [-0.25, -0.2) is 9.59 Å². The average molecular weight is 259 g/mol. The van der Waals surface area contributed by atoms with Crippen LogP contribution in [-0.2, 0) is 9.59 Å². The fourth-order valence-electron chi connectivity index (χ4n) is 1.62. The predicted octanol–water partition coefficient (Wildman–Crippen LogP) is -1.65. The lowest BCUT2D eigenvalue weighted by atomic mass is 9.99. The maximum Gasteiger partial charge on any atom is 0.334 e. The first-order valence-electron chi connectivity index (χ1n) is 5.51. The topological polar surface area (TPSA) is 119 Å². The van der Waals surface area contributed by atoms with Crippen molar-refractivity contribution in [2.75, 3.05) is 19.6 Å². The summed E-state index contributed by atoms with van der Waals surface area (Å²) < 4.78 is 0. The minimum Gasteiger partial charge on any atom is -0.479 e. The van der Waals surface area contributed by atoms with Gasteiger partial charge in [0, 0.05) is 13.1 Å². The molecule has 1 saturated heterocycles. The van der Waals surface area contributed by atoms with Gasteiger partial charge in [-0.2, -0.15) is 0 Å².